The maximum absolute atomic E-state index is 12.0. The summed E-state index contributed by atoms with van der Waals surface area (Å²) < 4.78 is 0. The molecule has 0 aromatic heterocycles. The minimum absolute atomic E-state index is 0.00218. The van der Waals surface area contributed by atoms with Crippen molar-refractivity contribution in [3.8, 4) is 0 Å². The molecular formula is C13H14N2O4. The fourth-order valence-electron chi connectivity index (χ4n) is 2.07. The monoisotopic (exact) mass is 262 g/mol. The molecule has 0 radical (unpaired) electrons. The highest BCUT2D eigenvalue weighted by Crippen LogP contribution is 2.20. The minimum atomic E-state index is -1.16. The quantitative estimate of drug-likeness (QED) is 0.448. The minimum Gasteiger partial charge on any atom is -0.321 e. The zero-order valence-electron chi connectivity index (χ0n) is 10.2. The van der Waals surface area contributed by atoms with Crippen LogP contribution in [0, 0.1) is 5.92 Å². The number of nitrogens with zero attached hydrogens (tertiary/aromatic N) is 1. The molecule has 1 unspecified atom stereocenters. The molecule has 1 saturated heterocycles. The molecule has 2 amide bonds. The number of hydrogen-bond donors (Lipinski definition) is 2. The average Bonchev–Trinajstić information content (AvgIpc) is 2.67. The fraction of sp³-hybridized carbons (Fsp3) is 0.308. The molecule has 1 aromatic rings. The molecular weight excluding hydrogens is 248 g/mol. The van der Waals surface area contributed by atoms with E-state index < -0.39 is 29.6 Å². The normalized spacial score (nSPS) is 20.7. The molecule has 1 aliphatic rings. The lowest BCUT2D eigenvalue weighted by Crippen LogP contribution is -2.40. The highest BCUT2D eigenvalue weighted by molar-refractivity contribution is 6.14. The van der Waals surface area contributed by atoms with Crippen LogP contribution in [0.4, 0.5) is 0 Å². The maximum atomic E-state index is 12.0. The summed E-state index contributed by atoms with van der Waals surface area (Å²) in [5.41, 5.74) is 6.64. The Labute approximate surface area is 109 Å². The van der Waals surface area contributed by atoms with Crippen molar-refractivity contribution in [2.45, 2.75) is 18.9 Å². The smallest absolute Gasteiger partial charge is 0.264 e. The summed E-state index contributed by atoms with van der Waals surface area (Å²) >= 11 is 0. The van der Waals surface area contributed by atoms with Gasteiger partial charge in [-0.3, -0.25) is 19.6 Å². The van der Waals surface area contributed by atoms with E-state index in [0.29, 0.717) is 6.42 Å². The zero-order valence-corrected chi connectivity index (χ0v) is 10.2. The van der Waals surface area contributed by atoms with E-state index in [2.05, 4.69) is 0 Å². The largest absolute Gasteiger partial charge is 0.321 e. The van der Waals surface area contributed by atoms with Crippen LogP contribution >= 0.6 is 0 Å². The summed E-state index contributed by atoms with van der Waals surface area (Å²) in [5, 5.41) is 9.10. The Morgan fingerprint density at radius 3 is 2.53 bits per heavy atom. The Morgan fingerprint density at radius 1 is 1.37 bits per heavy atom. The summed E-state index contributed by atoms with van der Waals surface area (Å²) in [6.07, 6.45) is -0.0142. The Hall–Kier alpha value is -2.05. The lowest BCUT2D eigenvalue weighted by atomic mass is 9.93. The second kappa shape index (κ2) is 5.29. The van der Waals surface area contributed by atoms with Gasteiger partial charge >= 0.3 is 0 Å². The number of imide groups is 1. The topological polar surface area (TPSA) is 101 Å². The van der Waals surface area contributed by atoms with E-state index in [1.165, 1.54) is 0 Å². The molecule has 6 nitrogen and oxygen atoms in total. The number of benzene rings is 1. The van der Waals surface area contributed by atoms with Crippen molar-refractivity contribution in [3.05, 3.63) is 35.9 Å². The van der Waals surface area contributed by atoms with Crippen LogP contribution in [-0.2, 0) is 20.8 Å². The number of carbonyl (C=O) groups is 3. The first-order chi connectivity index (χ1) is 9.00. The van der Waals surface area contributed by atoms with E-state index >= 15 is 0 Å². The van der Waals surface area contributed by atoms with Gasteiger partial charge in [-0.15, -0.1) is 0 Å². The second-order valence-corrected chi connectivity index (χ2v) is 4.50. The van der Waals surface area contributed by atoms with Crippen LogP contribution in [0.15, 0.2) is 30.3 Å². The third kappa shape index (κ3) is 2.69. The first-order valence-electron chi connectivity index (χ1n) is 5.89. The first-order valence-corrected chi connectivity index (χ1v) is 5.89. The molecule has 1 heterocycles. The van der Waals surface area contributed by atoms with Gasteiger partial charge in [0.1, 0.15) is 5.92 Å². The predicted molar refractivity (Wildman–Crippen MR) is 64.9 cm³/mol. The van der Waals surface area contributed by atoms with Crippen molar-refractivity contribution in [3.63, 3.8) is 0 Å². The van der Waals surface area contributed by atoms with Crippen molar-refractivity contribution >= 4 is 17.6 Å². The second-order valence-electron chi connectivity index (χ2n) is 4.50. The zero-order chi connectivity index (χ0) is 14.0. The van der Waals surface area contributed by atoms with E-state index in [0.717, 1.165) is 5.56 Å². The number of hydrogen-bond acceptors (Lipinski definition) is 5. The van der Waals surface area contributed by atoms with Gasteiger partial charge in [0.05, 0.1) is 6.04 Å². The number of nitrogens with two attached hydrogens (primary N) is 1. The van der Waals surface area contributed by atoms with Crippen molar-refractivity contribution < 1.29 is 19.6 Å². The molecule has 6 heteroatoms. The number of rotatable bonds is 4. The molecule has 3 N–H and O–H groups in total. The molecule has 0 aliphatic carbocycles. The molecule has 2 rings (SSSR count). The summed E-state index contributed by atoms with van der Waals surface area (Å²) in [5.74, 6) is -3.33. The standard InChI is InChI=1S/C13H14N2O4/c14-10(6-8-4-2-1-3-5-8)12(17)9-7-11(16)15(19)13(9)18/h1-5,9-10,19H,6-7,14H2/t9?,10-/m0/s1. The van der Waals surface area contributed by atoms with Crippen molar-refractivity contribution in [1.82, 2.24) is 5.06 Å². The van der Waals surface area contributed by atoms with Crippen molar-refractivity contribution in [2.75, 3.05) is 0 Å². The van der Waals surface area contributed by atoms with E-state index in [-0.39, 0.29) is 11.5 Å². The number of Topliss-reactive ketones (excluding diaryl/α,β-unsaturated/α-hetero) is 1. The van der Waals surface area contributed by atoms with Gasteiger partial charge in [0, 0.05) is 6.42 Å². The van der Waals surface area contributed by atoms with Gasteiger partial charge in [0.15, 0.2) is 5.78 Å². The number of carbonyl (C=O) groups excluding carboxylic acids is 3. The SMILES string of the molecule is N[C@@H](Cc1ccccc1)C(=O)C1CC(=O)N(O)C1=O. The highest BCUT2D eigenvalue weighted by Gasteiger charge is 2.43. The highest BCUT2D eigenvalue weighted by atomic mass is 16.5. The van der Waals surface area contributed by atoms with Crippen LogP contribution < -0.4 is 5.73 Å². The number of ketones is 1. The Morgan fingerprint density at radius 2 is 2.00 bits per heavy atom. The number of hydroxylamine groups is 2. The summed E-state index contributed by atoms with van der Waals surface area (Å²) in [7, 11) is 0. The molecule has 19 heavy (non-hydrogen) atoms. The van der Waals surface area contributed by atoms with E-state index in [9.17, 15) is 14.4 Å². The van der Waals surface area contributed by atoms with Gasteiger partial charge < -0.3 is 5.73 Å². The molecule has 100 valence electrons. The van der Waals surface area contributed by atoms with Crippen LogP contribution in [0.3, 0.4) is 0 Å². The van der Waals surface area contributed by atoms with E-state index in [1.807, 2.05) is 30.3 Å². The average molecular weight is 262 g/mol. The molecule has 0 saturated carbocycles. The van der Waals surface area contributed by atoms with Gasteiger partial charge in [-0.05, 0) is 12.0 Å². The van der Waals surface area contributed by atoms with Crippen LogP contribution in [-0.4, -0.2) is 33.9 Å². The van der Waals surface area contributed by atoms with Crippen molar-refractivity contribution in [1.29, 1.82) is 0 Å². The van der Waals surface area contributed by atoms with Crippen molar-refractivity contribution in [2.24, 2.45) is 11.7 Å². The van der Waals surface area contributed by atoms with Crippen LogP contribution in [0.25, 0.3) is 0 Å². The predicted octanol–water partition coefficient (Wildman–Crippen LogP) is -0.110. The van der Waals surface area contributed by atoms with E-state index in [1.54, 1.807) is 0 Å². The van der Waals surface area contributed by atoms with Gasteiger partial charge in [0.25, 0.3) is 11.8 Å². The van der Waals surface area contributed by atoms with Gasteiger partial charge in [-0.1, -0.05) is 30.3 Å². The fourth-order valence-corrected chi connectivity index (χ4v) is 2.07. The van der Waals surface area contributed by atoms with E-state index in [4.69, 9.17) is 10.9 Å². The molecule has 0 bridgehead atoms. The molecule has 1 aromatic carbocycles. The summed E-state index contributed by atoms with van der Waals surface area (Å²) in [4.78, 5) is 34.7. The first kappa shape index (κ1) is 13.4. The van der Waals surface area contributed by atoms with Gasteiger partial charge in [-0.25, -0.2) is 0 Å². The Bertz CT molecular complexity index is 515. The summed E-state index contributed by atoms with van der Waals surface area (Å²) in [6, 6.07) is 8.29. The molecule has 2 atom stereocenters. The number of amides is 2. The van der Waals surface area contributed by atoms with Crippen LogP contribution in [0.1, 0.15) is 12.0 Å². The van der Waals surface area contributed by atoms with Gasteiger partial charge in [-0.2, -0.15) is 5.06 Å². The molecule has 1 fully saturated rings. The Balaban J connectivity index is 2.04. The lowest BCUT2D eigenvalue weighted by molar-refractivity contribution is -0.172. The van der Waals surface area contributed by atoms with Crippen LogP contribution in [0.2, 0.25) is 0 Å². The third-order valence-corrected chi connectivity index (χ3v) is 3.13. The summed E-state index contributed by atoms with van der Waals surface area (Å²) in [6.45, 7) is 0. The Kier molecular flexibility index (Phi) is 3.73. The maximum Gasteiger partial charge on any atom is 0.264 e. The third-order valence-electron chi connectivity index (χ3n) is 3.13. The molecule has 0 spiro atoms. The van der Waals surface area contributed by atoms with Gasteiger partial charge in [0.2, 0.25) is 0 Å². The van der Waals surface area contributed by atoms with Crippen LogP contribution in [0.5, 0.6) is 0 Å². The molecule has 1 aliphatic heterocycles. The lowest BCUT2D eigenvalue weighted by Gasteiger charge is -2.13.